The van der Waals surface area contributed by atoms with E-state index >= 15 is 0 Å². The van der Waals surface area contributed by atoms with Crippen LogP contribution in [-0.4, -0.2) is 38.8 Å². The second-order valence-electron chi connectivity index (χ2n) is 3.17. The van der Waals surface area contributed by atoms with Crippen LogP contribution in [-0.2, 0) is 9.53 Å². The summed E-state index contributed by atoms with van der Waals surface area (Å²) >= 11 is 0. The summed E-state index contributed by atoms with van der Waals surface area (Å²) in [7, 11) is 1.89. The molecule has 0 heterocycles. The molecule has 0 bridgehead atoms. The zero-order valence-electron chi connectivity index (χ0n) is 8.72. The molecule has 0 saturated carbocycles. The molecule has 0 radical (unpaired) electrons. The fraction of sp³-hybridized carbons (Fsp3) is 0.889. The molecule has 1 amide bonds. The van der Waals surface area contributed by atoms with E-state index in [-0.39, 0.29) is 18.6 Å². The van der Waals surface area contributed by atoms with Crippen LogP contribution >= 0.6 is 0 Å². The number of carbonyl (C=O) groups is 1. The number of hydrogen-bond acceptors (Lipinski definition) is 3. The summed E-state index contributed by atoms with van der Waals surface area (Å²) in [5.41, 5.74) is 0. The summed E-state index contributed by atoms with van der Waals surface area (Å²) in [6.45, 7) is 5.62. The molecule has 0 aromatic rings. The summed E-state index contributed by atoms with van der Waals surface area (Å²) in [6, 6.07) is 0. The van der Waals surface area contributed by atoms with E-state index in [1.54, 1.807) is 0 Å². The monoisotopic (exact) mass is 188 g/mol. The zero-order chi connectivity index (χ0) is 10.1. The Morgan fingerprint density at radius 1 is 1.38 bits per heavy atom. The molecule has 4 nitrogen and oxygen atoms in total. The highest BCUT2D eigenvalue weighted by Gasteiger charge is 2.01. The van der Waals surface area contributed by atoms with E-state index < -0.39 is 0 Å². The first-order chi connectivity index (χ1) is 6.16. The van der Waals surface area contributed by atoms with Crippen molar-refractivity contribution in [1.82, 2.24) is 10.6 Å². The molecule has 0 aromatic carbocycles. The van der Waals surface area contributed by atoms with E-state index in [1.807, 2.05) is 20.9 Å². The molecule has 0 aromatic heterocycles. The summed E-state index contributed by atoms with van der Waals surface area (Å²) in [4.78, 5) is 11.1. The topological polar surface area (TPSA) is 50.4 Å². The van der Waals surface area contributed by atoms with Gasteiger partial charge in [0.15, 0.2) is 0 Å². The van der Waals surface area contributed by atoms with Gasteiger partial charge in [-0.3, -0.25) is 4.79 Å². The van der Waals surface area contributed by atoms with Crippen molar-refractivity contribution >= 4 is 5.91 Å². The highest BCUT2D eigenvalue weighted by Crippen LogP contribution is 1.86. The van der Waals surface area contributed by atoms with E-state index in [4.69, 9.17) is 4.74 Å². The van der Waals surface area contributed by atoms with Crippen LogP contribution in [0.3, 0.4) is 0 Å². The quantitative estimate of drug-likeness (QED) is 0.559. The van der Waals surface area contributed by atoms with Crippen LogP contribution in [0, 0.1) is 0 Å². The van der Waals surface area contributed by atoms with E-state index in [0.717, 1.165) is 13.0 Å². The Hall–Kier alpha value is -0.610. The molecule has 0 aliphatic rings. The molecule has 78 valence electrons. The molecule has 0 aliphatic heterocycles. The lowest BCUT2D eigenvalue weighted by atomic mass is 10.4. The number of amides is 1. The second-order valence-corrected chi connectivity index (χ2v) is 3.17. The third-order valence-corrected chi connectivity index (χ3v) is 1.47. The maximum atomic E-state index is 11.1. The van der Waals surface area contributed by atoms with Gasteiger partial charge in [-0.25, -0.2) is 0 Å². The van der Waals surface area contributed by atoms with E-state index in [0.29, 0.717) is 6.54 Å². The maximum absolute atomic E-state index is 11.1. The van der Waals surface area contributed by atoms with Gasteiger partial charge in [0, 0.05) is 6.54 Å². The average Bonchev–Trinajstić information content (AvgIpc) is 2.09. The lowest BCUT2D eigenvalue weighted by Crippen LogP contribution is -2.30. The van der Waals surface area contributed by atoms with Gasteiger partial charge in [-0.05, 0) is 33.9 Å². The summed E-state index contributed by atoms with van der Waals surface area (Å²) < 4.78 is 5.13. The minimum atomic E-state index is -0.0372. The van der Waals surface area contributed by atoms with Crippen molar-refractivity contribution in [2.24, 2.45) is 0 Å². The highest BCUT2D eigenvalue weighted by molar-refractivity contribution is 5.77. The van der Waals surface area contributed by atoms with E-state index in [9.17, 15) is 4.79 Å². The molecular weight excluding hydrogens is 168 g/mol. The minimum Gasteiger partial charge on any atom is -0.369 e. The number of nitrogens with one attached hydrogen (secondary N) is 2. The van der Waals surface area contributed by atoms with Crippen LogP contribution in [0.5, 0.6) is 0 Å². The largest absolute Gasteiger partial charge is 0.369 e. The first-order valence-corrected chi connectivity index (χ1v) is 4.69. The third-order valence-electron chi connectivity index (χ3n) is 1.47. The fourth-order valence-electron chi connectivity index (χ4n) is 0.786. The Labute approximate surface area is 80.0 Å². The van der Waals surface area contributed by atoms with E-state index in [2.05, 4.69) is 10.6 Å². The summed E-state index contributed by atoms with van der Waals surface area (Å²) in [6.07, 6.45) is 1.06. The SMILES string of the molecule is CNCCCNC(=O)COC(C)C. The molecule has 0 aliphatic carbocycles. The normalized spacial score (nSPS) is 10.5. The van der Waals surface area contributed by atoms with Gasteiger partial charge in [0.25, 0.3) is 0 Å². The third kappa shape index (κ3) is 9.30. The van der Waals surface area contributed by atoms with Crippen LogP contribution in [0.25, 0.3) is 0 Å². The van der Waals surface area contributed by atoms with Gasteiger partial charge >= 0.3 is 0 Å². The van der Waals surface area contributed by atoms with Crippen LogP contribution in [0.1, 0.15) is 20.3 Å². The summed E-state index contributed by atoms with van der Waals surface area (Å²) in [5.74, 6) is -0.0372. The second kappa shape index (κ2) is 8.01. The molecular formula is C9H20N2O2. The number of ether oxygens (including phenoxy) is 1. The lowest BCUT2D eigenvalue weighted by Gasteiger charge is -2.07. The van der Waals surface area contributed by atoms with E-state index in [1.165, 1.54) is 0 Å². The van der Waals surface area contributed by atoms with Crippen molar-refractivity contribution in [3.63, 3.8) is 0 Å². The van der Waals surface area contributed by atoms with Crippen molar-refractivity contribution in [3.05, 3.63) is 0 Å². The van der Waals surface area contributed by atoms with Crippen molar-refractivity contribution in [2.45, 2.75) is 26.4 Å². The Kier molecular flexibility index (Phi) is 7.63. The highest BCUT2D eigenvalue weighted by atomic mass is 16.5. The molecule has 0 atom stereocenters. The molecule has 0 fully saturated rings. The first kappa shape index (κ1) is 12.4. The van der Waals surface area contributed by atoms with Gasteiger partial charge in [0.05, 0.1) is 6.10 Å². The van der Waals surface area contributed by atoms with Crippen molar-refractivity contribution in [2.75, 3.05) is 26.7 Å². The first-order valence-electron chi connectivity index (χ1n) is 4.69. The van der Waals surface area contributed by atoms with Crippen molar-refractivity contribution < 1.29 is 9.53 Å². The Morgan fingerprint density at radius 2 is 2.08 bits per heavy atom. The van der Waals surface area contributed by atoms with Gasteiger partial charge in [0.2, 0.25) is 5.91 Å². The predicted molar refractivity (Wildman–Crippen MR) is 52.6 cm³/mol. The number of rotatable bonds is 7. The van der Waals surface area contributed by atoms with Crippen LogP contribution in [0.4, 0.5) is 0 Å². The Morgan fingerprint density at radius 3 is 2.62 bits per heavy atom. The van der Waals surface area contributed by atoms with Gasteiger partial charge in [-0.15, -0.1) is 0 Å². The van der Waals surface area contributed by atoms with Crippen LogP contribution in [0.2, 0.25) is 0 Å². The van der Waals surface area contributed by atoms with Crippen LogP contribution < -0.4 is 10.6 Å². The smallest absolute Gasteiger partial charge is 0.246 e. The Balaban J connectivity index is 3.20. The summed E-state index contributed by atoms with van der Waals surface area (Å²) in [5, 5.41) is 5.78. The van der Waals surface area contributed by atoms with Gasteiger partial charge < -0.3 is 15.4 Å². The molecule has 2 N–H and O–H groups in total. The molecule has 0 unspecified atom stereocenters. The molecule has 0 spiro atoms. The zero-order valence-corrected chi connectivity index (χ0v) is 8.72. The molecule has 4 heteroatoms. The predicted octanol–water partition coefficient (Wildman–Crippen LogP) is 0.137. The maximum Gasteiger partial charge on any atom is 0.246 e. The molecule has 0 rings (SSSR count). The van der Waals surface area contributed by atoms with Gasteiger partial charge in [-0.2, -0.15) is 0 Å². The lowest BCUT2D eigenvalue weighted by molar-refractivity contribution is -0.127. The van der Waals surface area contributed by atoms with Gasteiger partial charge in [0.1, 0.15) is 6.61 Å². The fourth-order valence-corrected chi connectivity index (χ4v) is 0.786. The minimum absolute atomic E-state index is 0.0372. The Bertz CT molecular complexity index is 138. The van der Waals surface area contributed by atoms with Gasteiger partial charge in [-0.1, -0.05) is 0 Å². The van der Waals surface area contributed by atoms with Crippen molar-refractivity contribution in [3.8, 4) is 0 Å². The molecule has 0 saturated heterocycles. The molecule has 13 heavy (non-hydrogen) atoms. The number of hydrogen-bond donors (Lipinski definition) is 2. The average molecular weight is 188 g/mol. The standard InChI is InChI=1S/C9H20N2O2/c1-8(2)13-7-9(12)11-6-4-5-10-3/h8,10H,4-7H2,1-3H3,(H,11,12). The van der Waals surface area contributed by atoms with Crippen LogP contribution in [0.15, 0.2) is 0 Å². The number of carbonyl (C=O) groups excluding carboxylic acids is 1. The van der Waals surface area contributed by atoms with Crippen molar-refractivity contribution in [1.29, 1.82) is 0 Å².